The van der Waals surface area contributed by atoms with Crippen molar-refractivity contribution < 1.29 is 5.11 Å². The summed E-state index contributed by atoms with van der Waals surface area (Å²) in [5.74, 6) is 0.506. The highest BCUT2D eigenvalue weighted by atomic mass is 16.3. The molecule has 0 saturated carbocycles. The third kappa shape index (κ3) is 4.88. The molecule has 0 radical (unpaired) electrons. The van der Waals surface area contributed by atoms with E-state index in [4.69, 9.17) is 0 Å². The lowest BCUT2D eigenvalue weighted by Crippen LogP contribution is -2.38. The topological polar surface area (TPSA) is 50.1 Å². The second-order valence-corrected chi connectivity index (χ2v) is 5.61. The number of aryl methyl sites for hydroxylation is 2. The standard InChI is InChI=1S/C13H25N3O/c1-10(2)6-13(4,17)9-14-7-12-8-16(5)15-11(12)3/h8,10,14,17H,6-7,9H2,1-5H3. The van der Waals surface area contributed by atoms with Crippen LogP contribution in [0.3, 0.4) is 0 Å². The summed E-state index contributed by atoms with van der Waals surface area (Å²) < 4.78 is 1.82. The third-order valence-electron chi connectivity index (χ3n) is 2.78. The summed E-state index contributed by atoms with van der Waals surface area (Å²) in [7, 11) is 1.92. The van der Waals surface area contributed by atoms with Crippen molar-refractivity contribution in [1.29, 1.82) is 0 Å². The predicted molar refractivity (Wildman–Crippen MR) is 69.7 cm³/mol. The van der Waals surface area contributed by atoms with Crippen molar-refractivity contribution in [3.63, 3.8) is 0 Å². The van der Waals surface area contributed by atoms with Crippen LogP contribution in [0.4, 0.5) is 0 Å². The Morgan fingerprint density at radius 3 is 2.65 bits per heavy atom. The number of hydrogen-bond donors (Lipinski definition) is 2. The van der Waals surface area contributed by atoms with E-state index in [2.05, 4.69) is 24.3 Å². The van der Waals surface area contributed by atoms with Crippen LogP contribution in [0.1, 0.15) is 38.4 Å². The summed E-state index contributed by atoms with van der Waals surface area (Å²) in [6.07, 6.45) is 2.82. The number of rotatable bonds is 6. The monoisotopic (exact) mass is 239 g/mol. The van der Waals surface area contributed by atoms with Crippen LogP contribution in [0.5, 0.6) is 0 Å². The average Bonchev–Trinajstić information content (AvgIpc) is 2.42. The van der Waals surface area contributed by atoms with Crippen molar-refractivity contribution in [1.82, 2.24) is 15.1 Å². The molecule has 0 amide bonds. The molecule has 0 fully saturated rings. The lowest BCUT2D eigenvalue weighted by molar-refractivity contribution is 0.0383. The maximum absolute atomic E-state index is 10.2. The van der Waals surface area contributed by atoms with Gasteiger partial charge >= 0.3 is 0 Å². The van der Waals surface area contributed by atoms with Gasteiger partial charge in [-0.15, -0.1) is 0 Å². The molecule has 0 aliphatic rings. The van der Waals surface area contributed by atoms with E-state index in [9.17, 15) is 5.11 Å². The summed E-state index contributed by atoms with van der Waals surface area (Å²) in [6, 6.07) is 0. The Hall–Kier alpha value is -0.870. The first-order valence-corrected chi connectivity index (χ1v) is 6.22. The molecule has 0 aliphatic carbocycles. The minimum Gasteiger partial charge on any atom is -0.389 e. The highest BCUT2D eigenvalue weighted by molar-refractivity contribution is 5.14. The van der Waals surface area contributed by atoms with Gasteiger partial charge in [0.2, 0.25) is 0 Å². The summed E-state index contributed by atoms with van der Waals surface area (Å²) in [4.78, 5) is 0. The SMILES string of the molecule is Cc1nn(C)cc1CNCC(C)(O)CC(C)C. The minimum absolute atomic E-state index is 0.506. The van der Waals surface area contributed by atoms with Gasteiger partial charge in [0.1, 0.15) is 0 Å². The Bertz CT molecular complexity index is 356. The van der Waals surface area contributed by atoms with Gasteiger partial charge in [-0.05, 0) is 26.2 Å². The van der Waals surface area contributed by atoms with Gasteiger partial charge in [-0.25, -0.2) is 0 Å². The lowest BCUT2D eigenvalue weighted by Gasteiger charge is -2.25. The molecule has 0 saturated heterocycles. The molecular weight excluding hydrogens is 214 g/mol. The maximum Gasteiger partial charge on any atom is 0.0746 e. The minimum atomic E-state index is -0.635. The van der Waals surface area contributed by atoms with E-state index < -0.39 is 5.60 Å². The fourth-order valence-electron chi connectivity index (χ4n) is 2.24. The van der Waals surface area contributed by atoms with Crippen molar-refractivity contribution in [2.24, 2.45) is 13.0 Å². The van der Waals surface area contributed by atoms with E-state index in [1.807, 2.05) is 31.8 Å². The summed E-state index contributed by atoms with van der Waals surface area (Å²) >= 11 is 0. The first-order chi connectivity index (χ1) is 7.80. The molecule has 0 spiro atoms. The Morgan fingerprint density at radius 2 is 2.18 bits per heavy atom. The smallest absolute Gasteiger partial charge is 0.0746 e. The van der Waals surface area contributed by atoms with Gasteiger partial charge in [0, 0.05) is 31.9 Å². The number of aliphatic hydroxyl groups is 1. The van der Waals surface area contributed by atoms with E-state index in [1.165, 1.54) is 5.56 Å². The van der Waals surface area contributed by atoms with Crippen molar-refractivity contribution in [2.45, 2.75) is 46.3 Å². The van der Waals surface area contributed by atoms with E-state index in [1.54, 1.807) is 0 Å². The fourth-order valence-corrected chi connectivity index (χ4v) is 2.24. The molecule has 0 aliphatic heterocycles. The van der Waals surface area contributed by atoms with Gasteiger partial charge in [-0.1, -0.05) is 13.8 Å². The molecular formula is C13H25N3O. The Balaban J connectivity index is 2.39. The zero-order valence-electron chi connectivity index (χ0n) is 11.6. The zero-order valence-corrected chi connectivity index (χ0v) is 11.6. The number of nitrogens with one attached hydrogen (secondary N) is 1. The fraction of sp³-hybridized carbons (Fsp3) is 0.769. The van der Waals surface area contributed by atoms with Gasteiger partial charge in [0.25, 0.3) is 0 Å². The van der Waals surface area contributed by atoms with E-state index in [0.717, 1.165) is 18.7 Å². The van der Waals surface area contributed by atoms with Gasteiger partial charge in [0.15, 0.2) is 0 Å². The number of nitrogens with zero attached hydrogens (tertiary/aromatic N) is 2. The van der Waals surface area contributed by atoms with Crippen LogP contribution in [0.2, 0.25) is 0 Å². The molecule has 17 heavy (non-hydrogen) atoms. The summed E-state index contributed by atoms with van der Waals surface area (Å²) in [5, 5.41) is 17.7. The third-order valence-corrected chi connectivity index (χ3v) is 2.78. The van der Waals surface area contributed by atoms with Crippen LogP contribution in [-0.2, 0) is 13.6 Å². The Labute approximate surface area is 104 Å². The molecule has 0 aromatic carbocycles. The normalized spacial score (nSPS) is 15.2. The van der Waals surface area contributed by atoms with Crippen LogP contribution < -0.4 is 5.32 Å². The molecule has 4 nitrogen and oxygen atoms in total. The average molecular weight is 239 g/mol. The summed E-state index contributed by atoms with van der Waals surface area (Å²) in [6.45, 7) is 9.51. The van der Waals surface area contributed by atoms with Crippen LogP contribution in [0.25, 0.3) is 0 Å². The van der Waals surface area contributed by atoms with Crippen LogP contribution in [0.15, 0.2) is 6.20 Å². The van der Waals surface area contributed by atoms with Crippen LogP contribution in [-0.4, -0.2) is 27.0 Å². The maximum atomic E-state index is 10.2. The molecule has 98 valence electrons. The molecule has 1 rings (SSSR count). The molecule has 0 bridgehead atoms. The van der Waals surface area contributed by atoms with Gasteiger partial charge in [-0.3, -0.25) is 4.68 Å². The Morgan fingerprint density at radius 1 is 1.53 bits per heavy atom. The highest BCUT2D eigenvalue weighted by Crippen LogP contribution is 2.15. The first-order valence-electron chi connectivity index (χ1n) is 6.22. The van der Waals surface area contributed by atoms with Gasteiger partial charge in [0.05, 0.1) is 11.3 Å². The summed E-state index contributed by atoms with van der Waals surface area (Å²) in [5.41, 5.74) is 1.60. The van der Waals surface area contributed by atoms with E-state index >= 15 is 0 Å². The Kier molecular flexibility index (Phi) is 4.71. The lowest BCUT2D eigenvalue weighted by atomic mass is 9.94. The van der Waals surface area contributed by atoms with Crippen molar-refractivity contribution in [3.8, 4) is 0 Å². The zero-order chi connectivity index (χ0) is 13.1. The molecule has 2 N–H and O–H groups in total. The number of aromatic nitrogens is 2. The van der Waals surface area contributed by atoms with Crippen LogP contribution >= 0.6 is 0 Å². The number of hydrogen-bond acceptors (Lipinski definition) is 3. The molecule has 1 aromatic heterocycles. The van der Waals surface area contributed by atoms with Crippen molar-refractivity contribution >= 4 is 0 Å². The quantitative estimate of drug-likeness (QED) is 0.793. The molecule has 1 heterocycles. The largest absolute Gasteiger partial charge is 0.389 e. The van der Waals surface area contributed by atoms with Crippen molar-refractivity contribution in [3.05, 3.63) is 17.5 Å². The first kappa shape index (κ1) is 14.2. The molecule has 1 aromatic rings. The molecule has 4 heteroatoms. The second-order valence-electron chi connectivity index (χ2n) is 5.61. The predicted octanol–water partition coefficient (Wildman–Crippen LogP) is 1.62. The molecule has 1 atom stereocenters. The van der Waals surface area contributed by atoms with E-state index in [0.29, 0.717) is 12.5 Å². The van der Waals surface area contributed by atoms with Gasteiger partial charge < -0.3 is 10.4 Å². The molecule has 1 unspecified atom stereocenters. The van der Waals surface area contributed by atoms with E-state index in [-0.39, 0.29) is 0 Å². The van der Waals surface area contributed by atoms with Gasteiger partial charge in [-0.2, -0.15) is 5.10 Å². The highest BCUT2D eigenvalue weighted by Gasteiger charge is 2.21. The van der Waals surface area contributed by atoms with Crippen molar-refractivity contribution in [2.75, 3.05) is 6.54 Å². The second kappa shape index (κ2) is 5.65. The van der Waals surface area contributed by atoms with Crippen LogP contribution in [0, 0.1) is 12.8 Å².